The molecule has 0 radical (unpaired) electrons. The monoisotopic (exact) mass is 449 g/mol. The van der Waals surface area contributed by atoms with Gasteiger partial charge in [-0.05, 0) is 36.5 Å². The highest BCUT2D eigenvalue weighted by Crippen LogP contribution is 2.21. The summed E-state index contributed by atoms with van der Waals surface area (Å²) in [4.78, 5) is 36.5. The first-order valence-electron chi connectivity index (χ1n) is 10.8. The average molecular weight is 450 g/mol. The Morgan fingerprint density at radius 1 is 1.06 bits per heavy atom. The molecular weight excluding hydrogens is 422 g/mol. The Balaban J connectivity index is 1.77. The summed E-state index contributed by atoms with van der Waals surface area (Å²) < 4.78 is 10.2. The zero-order chi connectivity index (χ0) is 23.8. The smallest absolute Gasteiger partial charge is 0.308 e. The molecule has 172 valence electrons. The number of ether oxygens (including phenoxy) is 1. The van der Waals surface area contributed by atoms with Gasteiger partial charge in [0.2, 0.25) is 5.43 Å². The summed E-state index contributed by atoms with van der Waals surface area (Å²) in [6.07, 6.45) is 1.63. The van der Waals surface area contributed by atoms with Crippen LogP contribution in [0.1, 0.15) is 36.4 Å². The molecule has 7 nitrogen and oxygen atoms in total. The first kappa shape index (κ1) is 23.8. The van der Waals surface area contributed by atoms with Crippen LogP contribution in [-0.2, 0) is 16.0 Å². The molecule has 7 heteroatoms. The van der Waals surface area contributed by atoms with E-state index in [1.165, 1.54) is 0 Å². The normalized spacial score (nSPS) is 12.5. The molecule has 1 heterocycles. The molecule has 1 amide bonds. The maximum Gasteiger partial charge on any atom is 0.308 e. The minimum atomic E-state index is -0.709. The van der Waals surface area contributed by atoms with Gasteiger partial charge in [0.05, 0.1) is 12.5 Å². The maximum atomic E-state index is 12.7. The van der Waals surface area contributed by atoms with Crippen LogP contribution in [-0.4, -0.2) is 29.6 Å². The molecule has 33 heavy (non-hydrogen) atoms. The SMILES string of the molecule is CCOC(=O)[C@H](C)CC(Cc1ccc(-c2ccccc2)cc1)NC(=O)c1cc(=O)c(O)co1. The van der Waals surface area contributed by atoms with Crippen molar-refractivity contribution in [1.29, 1.82) is 0 Å². The predicted octanol–water partition coefficient (Wildman–Crippen LogP) is 3.94. The first-order valence-corrected chi connectivity index (χ1v) is 10.8. The van der Waals surface area contributed by atoms with Crippen LogP contribution in [0.25, 0.3) is 11.1 Å². The van der Waals surface area contributed by atoms with E-state index < -0.39 is 29.0 Å². The lowest BCUT2D eigenvalue weighted by molar-refractivity contribution is -0.147. The van der Waals surface area contributed by atoms with E-state index >= 15 is 0 Å². The van der Waals surface area contributed by atoms with Gasteiger partial charge in [0.25, 0.3) is 5.91 Å². The second-order valence-corrected chi connectivity index (χ2v) is 7.82. The van der Waals surface area contributed by atoms with Crippen molar-refractivity contribution in [2.45, 2.75) is 32.7 Å². The second-order valence-electron chi connectivity index (χ2n) is 7.82. The van der Waals surface area contributed by atoms with Gasteiger partial charge in [-0.25, -0.2) is 0 Å². The fraction of sp³-hybridized carbons (Fsp3) is 0.269. The largest absolute Gasteiger partial charge is 0.502 e. The van der Waals surface area contributed by atoms with Crippen molar-refractivity contribution in [3.05, 3.63) is 88.5 Å². The van der Waals surface area contributed by atoms with Gasteiger partial charge >= 0.3 is 5.97 Å². The van der Waals surface area contributed by atoms with Gasteiger partial charge in [0, 0.05) is 12.1 Å². The van der Waals surface area contributed by atoms with Crippen LogP contribution in [0.2, 0.25) is 0 Å². The number of rotatable bonds is 9. The van der Waals surface area contributed by atoms with Gasteiger partial charge < -0.3 is 19.6 Å². The summed E-state index contributed by atoms with van der Waals surface area (Å²) in [6, 6.07) is 18.5. The summed E-state index contributed by atoms with van der Waals surface area (Å²) in [7, 11) is 0. The topological polar surface area (TPSA) is 106 Å². The Kier molecular flexibility index (Phi) is 8.02. The van der Waals surface area contributed by atoms with Crippen LogP contribution in [0.5, 0.6) is 5.75 Å². The van der Waals surface area contributed by atoms with Crippen LogP contribution in [0, 0.1) is 5.92 Å². The molecule has 0 spiro atoms. The van der Waals surface area contributed by atoms with Crippen molar-refractivity contribution in [3.8, 4) is 16.9 Å². The number of benzene rings is 2. The number of carbonyl (C=O) groups excluding carboxylic acids is 2. The molecule has 0 aliphatic rings. The minimum Gasteiger partial charge on any atom is -0.502 e. The number of nitrogens with one attached hydrogen (secondary N) is 1. The third kappa shape index (κ3) is 6.55. The molecule has 0 aliphatic carbocycles. The van der Waals surface area contributed by atoms with Crippen LogP contribution >= 0.6 is 0 Å². The Hall–Kier alpha value is -3.87. The lowest BCUT2D eigenvalue weighted by Crippen LogP contribution is -2.39. The summed E-state index contributed by atoms with van der Waals surface area (Å²) in [6.45, 7) is 3.77. The van der Waals surface area contributed by atoms with Crippen LogP contribution < -0.4 is 10.7 Å². The highest BCUT2D eigenvalue weighted by molar-refractivity contribution is 5.91. The first-order chi connectivity index (χ1) is 15.9. The molecule has 0 saturated heterocycles. The predicted molar refractivity (Wildman–Crippen MR) is 124 cm³/mol. The average Bonchev–Trinajstić information content (AvgIpc) is 2.82. The highest BCUT2D eigenvalue weighted by Gasteiger charge is 2.23. The molecule has 1 unspecified atom stereocenters. The van der Waals surface area contributed by atoms with E-state index in [4.69, 9.17) is 9.15 Å². The Morgan fingerprint density at radius 3 is 2.36 bits per heavy atom. The second kappa shape index (κ2) is 11.1. The summed E-state index contributed by atoms with van der Waals surface area (Å²) in [5.74, 6) is -2.17. The molecule has 0 aliphatic heterocycles. The van der Waals surface area contributed by atoms with Crippen molar-refractivity contribution in [2.24, 2.45) is 5.92 Å². The molecule has 3 aromatic rings. The number of carbonyl (C=O) groups is 2. The van der Waals surface area contributed by atoms with Crippen LogP contribution in [0.4, 0.5) is 0 Å². The van der Waals surface area contributed by atoms with Gasteiger partial charge in [-0.3, -0.25) is 14.4 Å². The molecule has 2 atom stereocenters. The highest BCUT2D eigenvalue weighted by atomic mass is 16.5. The van der Waals surface area contributed by atoms with Crippen molar-refractivity contribution in [2.75, 3.05) is 6.61 Å². The Bertz CT molecular complexity index is 1140. The van der Waals surface area contributed by atoms with Crippen molar-refractivity contribution in [3.63, 3.8) is 0 Å². The molecular formula is C26H27NO6. The van der Waals surface area contributed by atoms with Crippen molar-refractivity contribution < 1.29 is 23.8 Å². The minimum absolute atomic E-state index is 0.217. The summed E-state index contributed by atoms with van der Waals surface area (Å²) in [5.41, 5.74) is 2.44. The van der Waals surface area contributed by atoms with Crippen LogP contribution in [0.15, 0.2) is 76.1 Å². The maximum absolute atomic E-state index is 12.7. The summed E-state index contributed by atoms with van der Waals surface area (Å²) >= 11 is 0. The van der Waals surface area contributed by atoms with Gasteiger partial charge in [-0.15, -0.1) is 0 Å². The van der Waals surface area contributed by atoms with Gasteiger partial charge in [-0.1, -0.05) is 61.5 Å². The quantitative estimate of drug-likeness (QED) is 0.479. The van der Waals surface area contributed by atoms with E-state index in [0.717, 1.165) is 29.0 Å². The lowest BCUT2D eigenvalue weighted by Gasteiger charge is -2.22. The lowest BCUT2D eigenvalue weighted by atomic mass is 9.94. The third-order valence-corrected chi connectivity index (χ3v) is 5.24. The molecule has 2 N–H and O–H groups in total. The molecule has 3 rings (SSSR count). The van der Waals surface area contributed by atoms with E-state index in [1.54, 1.807) is 13.8 Å². The fourth-order valence-electron chi connectivity index (χ4n) is 3.53. The van der Waals surface area contributed by atoms with E-state index in [-0.39, 0.29) is 18.3 Å². The Labute approximate surface area is 192 Å². The van der Waals surface area contributed by atoms with Crippen LogP contribution in [0.3, 0.4) is 0 Å². The molecule has 0 fully saturated rings. The number of esters is 1. The summed E-state index contributed by atoms with van der Waals surface area (Å²) in [5, 5.41) is 12.2. The van der Waals surface area contributed by atoms with Crippen molar-refractivity contribution >= 4 is 11.9 Å². The number of amides is 1. The van der Waals surface area contributed by atoms with Crippen molar-refractivity contribution in [1.82, 2.24) is 5.32 Å². The van der Waals surface area contributed by atoms with E-state index in [0.29, 0.717) is 12.8 Å². The molecule has 1 aromatic heterocycles. The molecule has 0 bridgehead atoms. The van der Waals surface area contributed by atoms with Gasteiger partial charge in [-0.2, -0.15) is 0 Å². The fourth-order valence-corrected chi connectivity index (χ4v) is 3.53. The van der Waals surface area contributed by atoms with E-state index in [9.17, 15) is 19.5 Å². The zero-order valence-electron chi connectivity index (χ0n) is 18.6. The van der Waals surface area contributed by atoms with Gasteiger partial charge in [0.15, 0.2) is 11.5 Å². The molecule has 0 saturated carbocycles. The Morgan fingerprint density at radius 2 is 1.73 bits per heavy atom. The zero-order valence-corrected chi connectivity index (χ0v) is 18.6. The van der Waals surface area contributed by atoms with Gasteiger partial charge in [0.1, 0.15) is 6.26 Å². The number of hydrogen-bond acceptors (Lipinski definition) is 6. The third-order valence-electron chi connectivity index (χ3n) is 5.24. The van der Waals surface area contributed by atoms with E-state index in [1.807, 2.05) is 54.6 Å². The molecule has 2 aromatic carbocycles. The van der Waals surface area contributed by atoms with E-state index in [2.05, 4.69) is 5.32 Å². The number of aromatic hydroxyl groups is 1. The standard InChI is InChI=1S/C26H27NO6/c1-3-32-26(31)17(2)13-21(27-25(30)24-15-22(28)23(29)16-33-24)14-18-9-11-20(12-10-18)19-7-5-4-6-8-19/h4-12,15-17,21,29H,3,13-14H2,1-2H3,(H,27,30)/t17-,21?/m1/s1. The number of hydrogen-bond donors (Lipinski definition) is 2.